The minimum atomic E-state index is -0.00875. The van der Waals surface area contributed by atoms with Crippen molar-refractivity contribution in [1.29, 1.82) is 0 Å². The van der Waals surface area contributed by atoms with Gasteiger partial charge < -0.3 is 10.2 Å². The smallest absolute Gasteiger partial charge is 0.239 e. The van der Waals surface area contributed by atoms with Gasteiger partial charge in [-0.05, 0) is 31.1 Å². The van der Waals surface area contributed by atoms with Crippen LogP contribution >= 0.6 is 0 Å². The number of hydrogen-bond donors (Lipinski definition) is 1. The van der Waals surface area contributed by atoms with E-state index < -0.39 is 0 Å². The fourth-order valence-corrected chi connectivity index (χ4v) is 2.85. The lowest BCUT2D eigenvalue weighted by Crippen LogP contribution is -2.51. The largest absolute Gasteiger partial charge is 0.347 e. The zero-order chi connectivity index (χ0) is 13.7. The van der Waals surface area contributed by atoms with Crippen molar-refractivity contribution in [2.75, 3.05) is 14.1 Å². The van der Waals surface area contributed by atoms with Crippen LogP contribution in [0.5, 0.6) is 0 Å². The average molecular weight is 254 g/mol. The van der Waals surface area contributed by atoms with Gasteiger partial charge in [-0.25, -0.2) is 0 Å². The molecule has 1 rings (SSSR count). The first-order valence-corrected chi connectivity index (χ1v) is 7.39. The molecule has 0 saturated heterocycles. The van der Waals surface area contributed by atoms with Gasteiger partial charge in [-0.2, -0.15) is 0 Å². The van der Waals surface area contributed by atoms with Crippen LogP contribution in [0.4, 0.5) is 0 Å². The highest BCUT2D eigenvalue weighted by molar-refractivity contribution is 5.81. The first-order valence-electron chi connectivity index (χ1n) is 7.39. The maximum atomic E-state index is 12.2. The van der Waals surface area contributed by atoms with Crippen molar-refractivity contribution in [2.45, 2.75) is 65.0 Å². The van der Waals surface area contributed by atoms with Gasteiger partial charge in [-0.3, -0.25) is 4.79 Å². The minimum Gasteiger partial charge on any atom is -0.347 e. The van der Waals surface area contributed by atoms with Gasteiger partial charge in [-0.1, -0.05) is 33.6 Å². The van der Waals surface area contributed by atoms with Gasteiger partial charge >= 0.3 is 0 Å². The van der Waals surface area contributed by atoms with E-state index in [2.05, 4.69) is 26.1 Å². The second kappa shape index (κ2) is 7.13. The summed E-state index contributed by atoms with van der Waals surface area (Å²) in [5, 5.41) is 3.63. The predicted octanol–water partition coefficient (Wildman–Crippen LogP) is 2.66. The molecule has 0 bridgehead atoms. The Morgan fingerprint density at radius 1 is 1.28 bits per heavy atom. The molecule has 0 aromatic rings. The first-order chi connectivity index (χ1) is 8.41. The van der Waals surface area contributed by atoms with E-state index in [0.717, 1.165) is 6.42 Å². The Hall–Kier alpha value is -0.570. The maximum Gasteiger partial charge on any atom is 0.239 e. The van der Waals surface area contributed by atoms with E-state index in [0.29, 0.717) is 17.9 Å². The second-order valence-corrected chi connectivity index (χ2v) is 6.45. The highest BCUT2D eigenvalue weighted by Gasteiger charge is 2.28. The lowest BCUT2D eigenvalue weighted by molar-refractivity contribution is -0.131. The van der Waals surface area contributed by atoms with Crippen molar-refractivity contribution in [3.8, 4) is 0 Å². The van der Waals surface area contributed by atoms with Crippen LogP contribution in [-0.4, -0.2) is 37.0 Å². The third-order valence-corrected chi connectivity index (χ3v) is 3.97. The first kappa shape index (κ1) is 15.5. The highest BCUT2D eigenvalue weighted by atomic mass is 16.2. The molecule has 3 atom stereocenters. The molecule has 18 heavy (non-hydrogen) atoms. The lowest BCUT2D eigenvalue weighted by Gasteiger charge is -2.34. The highest BCUT2D eigenvalue weighted by Crippen LogP contribution is 2.24. The SMILES string of the molecule is CC(C)CC(NC1CCCCC1C)C(=O)N(C)C. The van der Waals surface area contributed by atoms with Crippen molar-refractivity contribution in [2.24, 2.45) is 11.8 Å². The summed E-state index contributed by atoms with van der Waals surface area (Å²) in [6, 6.07) is 0.511. The Balaban J connectivity index is 2.62. The number of carbonyl (C=O) groups is 1. The lowest BCUT2D eigenvalue weighted by atomic mass is 9.85. The van der Waals surface area contributed by atoms with E-state index in [-0.39, 0.29) is 11.9 Å². The standard InChI is InChI=1S/C15H30N2O/c1-11(2)10-14(15(18)17(4)5)16-13-9-7-6-8-12(13)3/h11-14,16H,6-10H2,1-5H3. The van der Waals surface area contributed by atoms with Crippen molar-refractivity contribution in [1.82, 2.24) is 10.2 Å². The molecule has 0 heterocycles. The van der Waals surface area contributed by atoms with Gasteiger partial charge in [0.15, 0.2) is 0 Å². The zero-order valence-electron chi connectivity index (χ0n) is 12.7. The van der Waals surface area contributed by atoms with Gasteiger partial charge in [0, 0.05) is 20.1 Å². The second-order valence-electron chi connectivity index (χ2n) is 6.45. The third kappa shape index (κ3) is 4.60. The van der Waals surface area contributed by atoms with E-state index in [1.807, 2.05) is 14.1 Å². The van der Waals surface area contributed by atoms with E-state index in [4.69, 9.17) is 0 Å². The van der Waals surface area contributed by atoms with Crippen LogP contribution in [0.15, 0.2) is 0 Å². The maximum absolute atomic E-state index is 12.2. The summed E-state index contributed by atoms with van der Waals surface area (Å²) in [4.78, 5) is 13.9. The van der Waals surface area contributed by atoms with Crippen LogP contribution in [0, 0.1) is 11.8 Å². The Labute approximate surface area is 112 Å². The molecule has 1 N–H and O–H groups in total. The topological polar surface area (TPSA) is 32.3 Å². The molecule has 0 aromatic heterocycles. The molecule has 3 heteroatoms. The Kier molecular flexibility index (Phi) is 6.13. The van der Waals surface area contributed by atoms with Crippen LogP contribution < -0.4 is 5.32 Å². The summed E-state index contributed by atoms with van der Waals surface area (Å²) in [5.41, 5.74) is 0. The van der Waals surface area contributed by atoms with E-state index in [9.17, 15) is 4.79 Å². The number of likely N-dealkylation sites (N-methyl/N-ethyl adjacent to an activating group) is 1. The molecular weight excluding hydrogens is 224 g/mol. The van der Waals surface area contributed by atoms with Crippen LogP contribution in [0.2, 0.25) is 0 Å². The van der Waals surface area contributed by atoms with Gasteiger partial charge in [-0.15, -0.1) is 0 Å². The molecule has 0 radical (unpaired) electrons. The molecule has 1 saturated carbocycles. The molecule has 3 unspecified atom stereocenters. The fourth-order valence-electron chi connectivity index (χ4n) is 2.85. The van der Waals surface area contributed by atoms with Crippen molar-refractivity contribution in [3.05, 3.63) is 0 Å². The number of carbonyl (C=O) groups excluding carboxylic acids is 1. The summed E-state index contributed by atoms with van der Waals surface area (Å²) in [6.07, 6.45) is 6.08. The molecule has 0 spiro atoms. The molecule has 1 aliphatic rings. The molecule has 1 fully saturated rings. The number of rotatable bonds is 5. The van der Waals surface area contributed by atoms with Crippen LogP contribution in [-0.2, 0) is 4.79 Å². The summed E-state index contributed by atoms with van der Waals surface area (Å²) in [5.74, 6) is 1.47. The average Bonchev–Trinajstić information content (AvgIpc) is 2.29. The molecule has 0 aromatic carbocycles. The molecule has 106 valence electrons. The van der Waals surface area contributed by atoms with E-state index >= 15 is 0 Å². The predicted molar refractivity (Wildman–Crippen MR) is 76.5 cm³/mol. The summed E-state index contributed by atoms with van der Waals surface area (Å²) < 4.78 is 0. The summed E-state index contributed by atoms with van der Waals surface area (Å²) in [7, 11) is 3.70. The zero-order valence-corrected chi connectivity index (χ0v) is 12.7. The Morgan fingerprint density at radius 2 is 1.89 bits per heavy atom. The van der Waals surface area contributed by atoms with Gasteiger partial charge in [0.25, 0.3) is 0 Å². The van der Waals surface area contributed by atoms with Crippen LogP contribution in [0.25, 0.3) is 0 Å². The molecule has 1 amide bonds. The summed E-state index contributed by atoms with van der Waals surface area (Å²) >= 11 is 0. The number of hydrogen-bond acceptors (Lipinski definition) is 2. The quantitative estimate of drug-likeness (QED) is 0.818. The van der Waals surface area contributed by atoms with Gasteiger partial charge in [0.05, 0.1) is 6.04 Å². The normalized spacial score (nSPS) is 26.1. The Bertz CT molecular complexity index is 263. The number of amides is 1. The molecule has 0 aliphatic heterocycles. The van der Waals surface area contributed by atoms with Crippen molar-refractivity contribution >= 4 is 5.91 Å². The Morgan fingerprint density at radius 3 is 2.39 bits per heavy atom. The van der Waals surface area contributed by atoms with Crippen LogP contribution in [0.3, 0.4) is 0 Å². The van der Waals surface area contributed by atoms with Gasteiger partial charge in [0.2, 0.25) is 5.91 Å². The minimum absolute atomic E-state index is 0.00875. The van der Waals surface area contributed by atoms with Gasteiger partial charge in [0.1, 0.15) is 0 Å². The van der Waals surface area contributed by atoms with Crippen LogP contribution in [0.1, 0.15) is 52.9 Å². The number of nitrogens with one attached hydrogen (secondary N) is 1. The summed E-state index contributed by atoms with van der Waals surface area (Å²) in [6.45, 7) is 6.67. The monoisotopic (exact) mass is 254 g/mol. The fraction of sp³-hybridized carbons (Fsp3) is 0.933. The molecular formula is C15H30N2O. The molecule has 1 aliphatic carbocycles. The van der Waals surface area contributed by atoms with Crippen molar-refractivity contribution < 1.29 is 4.79 Å². The third-order valence-electron chi connectivity index (χ3n) is 3.97. The van der Waals surface area contributed by atoms with Crippen molar-refractivity contribution in [3.63, 3.8) is 0 Å². The van der Waals surface area contributed by atoms with E-state index in [1.54, 1.807) is 4.90 Å². The van der Waals surface area contributed by atoms with E-state index in [1.165, 1.54) is 25.7 Å². The number of nitrogens with zero attached hydrogens (tertiary/aromatic N) is 1. The molecule has 3 nitrogen and oxygen atoms in total.